The first-order chi connectivity index (χ1) is 18.8. The van der Waals surface area contributed by atoms with E-state index in [0.29, 0.717) is 0 Å². The highest BCUT2D eigenvalue weighted by molar-refractivity contribution is 7.26. The molecule has 5 aromatic carbocycles. The summed E-state index contributed by atoms with van der Waals surface area (Å²) in [6.07, 6.45) is 0. The molecule has 7 aromatic rings. The maximum Gasteiger partial charge on any atom is 0.495 e. The van der Waals surface area contributed by atoms with Crippen LogP contribution in [0.3, 0.4) is 0 Å². The van der Waals surface area contributed by atoms with Crippen LogP contribution < -0.4 is 5.46 Å². The summed E-state index contributed by atoms with van der Waals surface area (Å²) in [6, 6.07) is 32.5. The van der Waals surface area contributed by atoms with Gasteiger partial charge in [-0.1, -0.05) is 60.7 Å². The zero-order valence-electron chi connectivity index (χ0n) is 22.4. The second kappa shape index (κ2) is 7.95. The number of fused-ring (bicyclic) bond motifs is 7. The molecule has 0 unspecified atom stereocenters. The van der Waals surface area contributed by atoms with Gasteiger partial charge in [-0.25, -0.2) is 0 Å². The smallest absolute Gasteiger partial charge is 0.456 e. The van der Waals surface area contributed by atoms with Gasteiger partial charge in [0, 0.05) is 30.9 Å². The second-order valence-corrected chi connectivity index (χ2v) is 12.7. The summed E-state index contributed by atoms with van der Waals surface area (Å²) in [6.45, 7) is 8.41. The first-order valence-electron chi connectivity index (χ1n) is 13.4. The molecule has 5 heteroatoms. The van der Waals surface area contributed by atoms with E-state index in [4.69, 9.17) is 13.7 Å². The van der Waals surface area contributed by atoms with E-state index in [1.165, 1.54) is 36.5 Å². The van der Waals surface area contributed by atoms with Gasteiger partial charge in [0.15, 0.2) is 0 Å². The van der Waals surface area contributed by atoms with Gasteiger partial charge in [-0.15, -0.1) is 11.3 Å². The van der Waals surface area contributed by atoms with Crippen LogP contribution >= 0.6 is 11.3 Å². The lowest BCUT2D eigenvalue weighted by molar-refractivity contribution is 0.00578. The molecular weight excluding hydrogens is 499 g/mol. The lowest BCUT2D eigenvalue weighted by Gasteiger charge is -2.32. The number of rotatable bonds is 2. The van der Waals surface area contributed by atoms with E-state index in [1.807, 2.05) is 23.5 Å². The minimum atomic E-state index is -0.499. The SMILES string of the molecule is CC1(C)OB(c2cc(-c3cccc4sc5cc6ccccc6cc5c34)cc3oc4ccccc4c23)OC1(C)C. The molecule has 1 saturated heterocycles. The number of thiophene rings is 1. The Morgan fingerprint density at radius 2 is 1.33 bits per heavy atom. The van der Waals surface area contributed by atoms with Crippen molar-refractivity contribution in [1.29, 1.82) is 0 Å². The third kappa shape index (κ3) is 3.37. The molecule has 0 aliphatic carbocycles. The Hall–Kier alpha value is -3.64. The molecule has 0 spiro atoms. The van der Waals surface area contributed by atoms with Crippen LogP contribution in [-0.4, -0.2) is 18.3 Å². The van der Waals surface area contributed by atoms with Gasteiger partial charge in [-0.05, 0) is 85.4 Å². The Morgan fingerprint density at radius 1 is 0.615 bits per heavy atom. The van der Waals surface area contributed by atoms with Crippen LogP contribution in [0.15, 0.2) is 95.4 Å². The molecule has 0 amide bonds. The molecule has 1 fully saturated rings. The zero-order valence-corrected chi connectivity index (χ0v) is 23.2. The minimum Gasteiger partial charge on any atom is -0.456 e. The number of hydrogen-bond donors (Lipinski definition) is 0. The quantitative estimate of drug-likeness (QED) is 0.211. The van der Waals surface area contributed by atoms with Crippen LogP contribution in [-0.2, 0) is 9.31 Å². The van der Waals surface area contributed by atoms with E-state index in [0.717, 1.165) is 33.0 Å². The van der Waals surface area contributed by atoms with Gasteiger partial charge < -0.3 is 13.7 Å². The summed E-state index contributed by atoms with van der Waals surface area (Å²) < 4.78 is 22.2. The lowest BCUT2D eigenvalue weighted by atomic mass is 9.75. The van der Waals surface area contributed by atoms with Crippen molar-refractivity contribution in [3.05, 3.63) is 91.0 Å². The van der Waals surface area contributed by atoms with Crippen LogP contribution in [0.4, 0.5) is 0 Å². The monoisotopic (exact) mass is 526 g/mol. The van der Waals surface area contributed by atoms with E-state index in [2.05, 4.69) is 107 Å². The Morgan fingerprint density at radius 3 is 2.13 bits per heavy atom. The average Bonchev–Trinajstić information content (AvgIpc) is 3.54. The summed E-state index contributed by atoms with van der Waals surface area (Å²) in [4.78, 5) is 0. The molecule has 190 valence electrons. The van der Waals surface area contributed by atoms with Crippen molar-refractivity contribution < 1.29 is 13.7 Å². The topological polar surface area (TPSA) is 31.6 Å². The van der Waals surface area contributed by atoms with Gasteiger partial charge >= 0.3 is 7.12 Å². The third-order valence-corrected chi connectivity index (χ3v) is 9.81. The predicted octanol–water partition coefficient (Wildman–Crippen LogP) is 9.07. The fourth-order valence-corrected chi connectivity index (χ4v) is 7.11. The summed E-state index contributed by atoms with van der Waals surface area (Å²) >= 11 is 1.85. The third-order valence-electron chi connectivity index (χ3n) is 8.69. The molecule has 3 heterocycles. The molecule has 39 heavy (non-hydrogen) atoms. The van der Waals surface area contributed by atoms with Crippen molar-refractivity contribution in [3.63, 3.8) is 0 Å². The summed E-state index contributed by atoms with van der Waals surface area (Å²) in [7, 11) is -0.499. The molecule has 0 atom stereocenters. The van der Waals surface area contributed by atoms with Crippen molar-refractivity contribution in [2.45, 2.75) is 38.9 Å². The molecule has 0 bridgehead atoms. The Labute approximate surface area is 231 Å². The van der Waals surface area contributed by atoms with E-state index in [-0.39, 0.29) is 0 Å². The van der Waals surface area contributed by atoms with Gasteiger partial charge in [-0.3, -0.25) is 0 Å². The van der Waals surface area contributed by atoms with Gasteiger partial charge in [0.05, 0.1) is 11.2 Å². The first kappa shape index (κ1) is 23.3. The van der Waals surface area contributed by atoms with Gasteiger partial charge in [-0.2, -0.15) is 0 Å². The summed E-state index contributed by atoms with van der Waals surface area (Å²) in [5.74, 6) is 0. The molecule has 0 saturated carbocycles. The van der Waals surface area contributed by atoms with Crippen LogP contribution in [0.5, 0.6) is 0 Å². The Balaban J connectivity index is 1.43. The van der Waals surface area contributed by atoms with E-state index in [9.17, 15) is 0 Å². The van der Waals surface area contributed by atoms with Crippen LogP contribution in [0.2, 0.25) is 0 Å². The van der Waals surface area contributed by atoms with Crippen molar-refractivity contribution in [2.75, 3.05) is 0 Å². The predicted molar refractivity (Wildman–Crippen MR) is 165 cm³/mol. The average molecular weight is 526 g/mol. The van der Waals surface area contributed by atoms with E-state index >= 15 is 0 Å². The van der Waals surface area contributed by atoms with Crippen LogP contribution in [0, 0.1) is 0 Å². The van der Waals surface area contributed by atoms with Gasteiger partial charge in [0.25, 0.3) is 0 Å². The molecule has 0 N–H and O–H groups in total. The first-order valence-corrected chi connectivity index (χ1v) is 14.3. The largest absolute Gasteiger partial charge is 0.495 e. The van der Waals surface area contributed by atoms with Gasteiger partial charge in [0.1, 0.15) is 11.2 Å². The maximum absolute atomic E-state index is 6.60. The zero-order chi connectivity index (χ0) is 26.5. The highest BCUT2D eigenvalue weighted by Crippen LogP contribution is 2.43. The number of para-hydroxylation sites is 1. The molecular formula is C34H27BO3S. The molecule has 1 aliphatic heterocycles. The van der Waals surface area contributed by atoms with Gasteiger partial charge in [0.2, 0.25) is 0 Å². The number of furan rings is 1. The summed E-state index contributed by atoms with van der Waals surface area (Å²) in [5, 5.41) is 7.22. The van der Waals surface area contributed by atoms with Crippen molar-refractivity contribution >= 4 is 76.8 Å². The minimum absolute atomic E-state index is 0.440. The fraction of sp³-hybridized carbons (Fsp3) is 0.176. The highest BCUT2D eigenvalue weighted by Gasteiger charge is 2.52. The maximum atomic E-state index is 6.60. The summed E-state index contributed by atoms with van der Waals surface area (Å²) in [5.41, 5.74) is 4.13. The normalized spacial score (nSPS) is 16.9. The molecule has 1 aliphatic rings. The Bertz CT molecular complexity index is 2080. The fourth-order valence-electron chi connectivity index (χ4n) is 5.95. The number of hydrogen-bond acceptors (Lipinski definition) is 4. The van der Waals surface area contributed by atoms with E-state index < -0.39 is 18.3 Å². The molecule has 2 aromatic heterocycles. The van der Waals surface area contributed by atoms with Crippen LogP contribution in [0.1, 0.15) is 27.7 Å². The van der Waals surface area contributed by atoms with E-state index in [1.54, 1.807) is 0 Å². The lowest BCUT2D eigenvalue weighted by Crippen LogP contribution is -2.41. The standard InChI is InChI=1S/C34H27BO3S/c1-33(2)34(3,4)38-35(37-33)26-17-22(18-28-32(26)24-12-7-8-14-27(24)36-28)23-13-9-15-29-31(23)25-16-20-10-5-6-11-21(20)19-30(25)39-29/h5-19H,1-4H3. The molecule has 8 rings (SSSR count). The Kier molecular flexibility index (Phi) is 4.74. The van der Waals surface area contributed by atoms with Crippen molar-refractivity contribution in [2.24, 2.45) is 0 Å². The highest BCUT2D eigenvalue weighted by atomic mass is 32.1. The van der Waals surface area contributed by atoms with Crippen LogP contribution in [0.25, 0.3) is 64.0 Å². The van der Waals surface area contributed by atoms with Crippen molar-refractivity contribution in [3.8, 4) is 11.1 Å². The molecule has 3 nitrogen and oxygen atoms in total. The number of benzene rings is 5. The molecule has 0 radical (unpaired) electrons. The second-order valence-electron chi connectivity index (χ2n) is 11.6. The van der Waals surface area contributed by atoms with Crippen molar-refractivity contribution in [1.82, 2.24) is 0 Å².